The van der Waals surface area contributed by atoms with Gasteiger partial charge in [-0.2, -0.15) is 0 Å². The Balaban J connectivity index is 1.36. The van der Waals surface area contributed by atoms with Crippen LogP contribution in [0.5, 0.6) is 28.7 Å². The van der Waals surface area contributed by atoms with Crippen LogP contribution < -0.4 is 18.9 Å². The van der Waals surface area contributed by atoms with E-state index >= 15 is 0 Å². The van der Waals surface area contributed by atoms with E-state index < -0.39 is 0 Å². The molecule has 0 amide bonds. The van der Waals surface area contributed by atoms with Crippen molar-refractivity contribution in [3.63, 3.8) is 0 Å². The first-order valence-corrected chi connectivity index (χ1v) is 14.5. The van der Waals surface area contributed by atoms with Crippen LogP contribution in [0.4, 0.5) is 0 Å². The number of hydrogen-bond donors (Lipinski definition) is 1. The Hall–Kier alpha value is -3.03. The number of ether oxygens (including phenoxy) is 4. The predicted molar refractivity (Wildman–Crippen MR) is 158 cm³/mol. The second-order valence-corrected chi connectivity index (χ2v) is 11.3. The van der Waals surface area contributed by atoms with Gasteiger partial charge in [0.15, 0.2) is 23.0 Å². The quantitative estimate of drug-likeness (QED) is 0.178. The molecule has 39 heavy (non-hydrogen) atoms. The van der Waals surface area contributed by atoms with E-state index in [1.165, 1.54) is 16.7 Å². The van der Waals surface area contributed by atoms with Gasteiger partial charge in [0, 0.05) is 23.2 Å². The van der Waals surface area contributed by atoms with E-state index in [-0.39, 0.29) is 5.25 Å². The van der Waals surface area contributed by atoms with Crippen molar-refractivity contribution >= 4 is 11.8 Å². The van der Waals surface area contributed by atoms with E-state index in [0.29, 0.717) is 5.75 Å². The molecule has 1 unspecified atom stereocenters. The second kappa shape index (κ2) is 13.9. The zero-order valence-electron chi connectivity index (χ0n) is 23.8. The molecule has 0 bridgehead atoms. The molecular formula is C32H41NO5S. The van der Waals surface area contributed by atoms with Gasteiger partial charge in [-0.3, -0.25) is 4.90 Å². The molecule has 4 rings (SSSR count). The summed E-state index contributed by atoms with van der Waals surface area (Å²) >= 11 is 1.72. The molecule has 7 heteroatoms. The largest absolute Gasteiger partial charge is 0.507 e. The zero-order valence-corrected chi connectivity index (χ0v) is 24.6. The Morgan fingerprint density at radius 1 is 0.795 bits per heavy atom. The van der Waals surface area contributed by atoms with E-state index in [4.69, 9.17) is 18.9 Å². The summed E-state index contributed by atoms with van der Waals surface area (Å²) in [7, 11) is 6.71. The van der Waals surface area contributed by atoms with E-state index in [0.717, 1.165) is 85.2 Å². The van der Waals surface area contributed by atoms with E-state index in [2.05, 4.69) is 42.2 Å². The smallest absolute Gasteiger partial charge is 0.161 e. The molecule has 1 aliphatic rings. The van der Waals surface area contributed by atoms with Gasteiger partial charge in [0.1, 0.15) is 5.75 Å². The van der Waals surface area contributed by atoms with Crippen LogP contribution in [0.1, 0.15) is 53.2 Å². The Labute approximate surface area is 237 Å². The minimum Gasteiger partial charge on any atom is -0.507 e. The summed E-state index contributed by atoms with van der Waals surface area (Å²) < 4.78 is 22.0. The molecule has 0 spiro atoms. The first kappa shape index (κ1) is 29.0. The number of benzene rings is 3. The molecule has 1 heterocycles. The number of phenols is 1. The normalized spacial score (nSPS) is 14.0. The number of fused-ring (bicyclic) bond motifs is 1. The van der Waals surface area contributed by atoms with Gasteiger partial charge in [-0.25, -0.2) is 0 Å². The summed E-state index contributed by atoms with van der Waals surface area (Å²) in [5.41, 5.74) is 5.01. The minimum absolute atomic E-state index is 0.196. The second-order valence-electron chi connectivity index (χ2n) is 10.0. The molecule has 1 aliphatic heterocycles. The highest BCUT2D eigenvalue weighted by atomic mass is 32.2. The maximum Gasteiger partial charge on any atom is 0.161 e. The molecule has 0 fully saturated rings. The fourth-order valence-electron chi connectivity index (χ4n) is 5.19. The number of rotatable bonds is 13. The van der Waals surface area contributed by atoms with Gasteiger partial charge >= 0.3 is 0 Å². The predicted octanol–water partition coefficient (Wildman–Crippen LogP) is 7.19. The highest BCUT2D eigenvalue weighted by Gasteiger charge is 2.20. The van der Waals surface area contributed by atoms with Gasteiger partial charge in [0.25, 0.3) is 0 Å². The number of aryl methyl sites for hydroxylation is 1. The van der Waals surface area contributed by atoms with Crippen LogP contribution in [0, 0.1) is 6.92 Å². The number of methoxy groups -OCH3 is 4. The molecule has 0 saturated carbocycles. The van der Waals surface area contributed by atoms with Gasteiger partial charge in [0.05, 0.1) is 28.4 Å². The number of aromatic hydroxyl groups is 1. The molecule has 3 aromatic rings. The van der Waals surface area contributed by atoms with Crippen molar-refractivity contribution in [3.8, 4) is 28.7 Å². The van der Waals surface area contributed by atoms with Gasteiger partial charge < -0.3 is 24.1 Å². The molecule has 3 aromatic carbocycles. The van der Waals surface area contributed by atoms with Gasteiger partial charge in [-0.1, -0.05) is 25.0 Å². The summed E-state index contributed by atoms with van der Waals surface area (Å²) in [5, 5.41) is 10.7. The first-order valence-electron chi connectivity index (χ1n) is 13.6. The maximum absolute atomic E-state index is 10.5. The molecule has 0 saturated heterocycles. The summed E-state index contributed by atoms with van der Waals surface area (Å²) in [4.78, 5) is 3.45. The van der Waals surface area contributed by atoms with Crippen molar-refractivity contribution < 1.29 is 24.1 Å². The van der Waals surface area contributed by atoms with Crippen LogP contribution in [0.2, 0.25) is 0 Å². The monoisotopic (exact) mass is 551 g/mol. The SMILES string of the molecule is COc1ccc(C(CCCCCN2CCc3cc(OC)c(OC)cc3C2)Sc2cc(C)ccc2O)cc1OC. The molecule has 0 aromatic heterocycles. The van der Waals surface area contributed by atoms with E-state index in [1.807, 2.05) is 12.1 Å². The minimum atomic E-state index is 0.196. The number of unbranched alkanes of at least 4 members (excludes halogenated alkanes) is 2. The van der Waals surface area contributed by atoms with Crippen molar-refractivity contribution in [3.05, 3.63) is 70.8 Å². The maximum atomic E-state index is 10.5. The van der Waals surface area contributed by atoms with Crippen molar-refractivity contribution in [2.75, 3.05) is 41.5 Å². The Bertz CT molecular complexity index is 1250. The molecule has 0 aliphatic carbocycles. The Morgan fingerprint density at radius 2 is 1.49 bits per heavy atom. The van der Waals surface area contributed by atoms with Crippen molar-refractivity contribution in [2.24, 2.45) is 0 Å². The highest BCUT2D eigenvalue weighted by molar-refractivity contribution is 7.99. The third-order valence-electron chi connectivity index (χ3n) is 7.40. The van der Waals surface area contributed by atoms with Gasteiger partial charge in [-0.05, 0) is 91.4 Å². The van der Waals surface area contributed by atoms with Crippen molar-refractivity contribution in [1.82, 2.24) is 4.90 Å². The van der Waals surface area contributed by atoms with Crippen LogP contribution in [0.3, 0.4) is 0 Å². The highest BCUT2D eigenvalue weighted by Crippen LogP contribution is 2.44. The van der Waals surface area contributed by atoms with E-state index in [9.17, 15) is 5.11 Å². The third-order valence-corrected chi connectivity index (χ3v) is 8.77. The van der Waals surface area contributed by atoms with Crippen LogP contribution in [0.15, 0.2) is 53.4 Å². The topological polar surface area (TPSA) is 60.4 Å². The fraction of sp³-hybridized carbons (Fsp3) is 0.438. The summed E-state index contributed by atoms with van der Waals surface area (Å²) in [6, 6.07) is 16.2. The third kappa shape index (κ3) is 7.34. The Kier molecular flexibility index (Phi) is 10.3. The van der Waals surface area contributed by atoms with Crippen LogP contribution in [-0.2, 0) is 13.0 Å². The van der Waals surface area contributed by atoms with Crippen molar-refractivity contribution in [2.45, 2.75) is 55.7 Å². The fourth-order valence-corrected chi connectivity index (χ4v) is 6.51. The van der Waals surface area contributed by atoms with Crippen LogP contribution in [-0.4, -0.2) is 51.5 Å². The van der Waals surface area contributed by atoms with E-state index in [1.54, 1.807) is 46.3 Å². The lowest BCUT2D eigenvalue weighted by Crippen LogP contribution is -2.31. The first-order chi connectivity index (χ1) is 18.9. The average Bonchev–Trinajstić information content (AvgIpc) is 2.96. The van der Waals surface area contributed by atoms with Gasteiger partial charge in [0.2, 0.25) is 0 Å². The summed E-state index contributed by atoms with van der Waals surface area (Å²) in [6.07, 6.45) is 5.45. The molecular weight excluding hydrogens is 510 g/mol. The summed E-state index contributed by atoms with van der Waals surface area (Å²) in [5.74, 6) is 3.40. The molecule has 0 radical (unpaired) electrons. The zero-order chi connectivity index (χ0) is 27.8. The lowest BCUT2D eigenvalue weighted by Gasteiger charge is -2.29. The molecule has 1 N–H and O–H groups in total. The standard InChI is InChI=1S/C32H41NO5S/c1-22-10-12-26(34)32(17-22)39-31(24-11-13-27(35-2)28(19-24)36-3)9-7-6-8-15-33-16-14-23-18-29(37-4)30(38-5)20-25(23)21-33/h10-13,17-20,31,34H,6-9,14-16,21H2,1-5H3. The molecule has 210 valence electrons. The van der Waals surface area contributed by atoms with Crippen LogP contribution >= 0.6 is 11.8 Å². The number of thioether (sulfide) groups is 1. The Morgan fingerprint density at radius 3 is 2.21 bits per heavy atom. The van der Waals surface area contributed by atoms with Crippen molar-refractivity contribution in [1.29, 1.82) is 0 Å². The number of phenolic OH excluding ortho intramolecular Hbond substituents is 1. The van der Waals surface area contributed by atoms with Crippen LogP contribution in [0.25, 0.3) is 0 Å². The number of nitrogens with zero attached hydrogens (tertiary/aromatic N) is 1. The molecule has 6 nitrogen and oxygen atoms in total. The lowest BCUT2D eigenvalue weighted by atomic mass is 9.98. The summed E-state index contributed by atoms with van der Waals surface area (Å²) in [6.45, 7) is 5.16. The lowest BCUT2D eigenvalue weighted by molar-refractivity contribution is 0.246. The average molecular weight is 552 g/mol. The van der Waals surface area contributed by atoms with Gasteiger partial charge in [-0.15, -0.1) is 11.8 Å². The number of hydrogen-bond acceptors (Lipinski definition) is 7. The molecule has 1 atom stereocenters.